The van der Waals surface area contributed by atoms with E-state index in [1.165, 1.54) is 4.90 Å². The molecular weight excluding hydrogens is 356 g/mol. The van der Waals surface area contributed by atoms with Crippen molar-refractivity contribution in [2.75, 3.05) is 13.2 Å². The van der Waals surface area contributed by atoms with Crippen LogP contribution >= 0.6 is 0 Å². The predicted octanol–water partition coefficient (Wildman–Crippen LogP) is 2.78. The van der Waals surface area contributed by atoms with Crippen molar-refractivity contribution in [3.63, 3.8) is 0 Å². The van der Waals surface area contributed by atoms with E-state index in [2.05, 4.69) is 4.99 Å². The standard InChI is InChI=1S/C21H34N4O3/c1-6-10-16(17(28-9-4)12-11-15(5)19(22)27)14-25-18(26)13-21(7-2,8-3)24-20(25)23/h10-12H,6-9,13-14H2,1-5H3,(H2,22,27)(H2,23,24)/b15-11+,16-10+,17-12+. The zero-order chi connectivity index (χ0) is 21.3. The van der Waals surface area contributed by atoms with Crippen LogP contribution in [0.3, 0.4) is 0 Å². The summed E-state index contributed by atoms with van der Waals surface area (Å²) in [5, 5.41) is 0. The largest absolute Gasteiger partial charge is 0.494 e. The van der Waals surface area contributed by atoms with E-state index in [9.17, 15) is 9.59 Å². The van der Waals surface area contributed by atoms with Gasteiger partial charge in [-0.05, 0) is 39.2 Å². The Morgan fingerprint density at radius 2 is 1.89 bits per heavy atom. The van der Waals surface area contributed by atoms with E-state index in [1.807, 2.05) is 33.8 Å². The third-order valence-corrected chi connectivity index (χ3v) is 4.99. The fourth-order valence-corrected chi connectivity index (χ4v) is 3.02. The van der Waals surface area contributed by atoms with Crippen molar-refractivity contribution in [1.82, 2.24) is 4.90 Å². The molecule has 0 unspecified atom stereocenters. The molecule has 0 atom stereocenters. The van der Waals surface area contributed by atoms with Gasteiger partial charge >= 0.3 is 0 Å². The summed E-state index contributed by atoms with van der Waals surface area (Å²) in [5.41, 5.74) is 12.3. The van der Waals surface area contributed by atoms with Crippen LogP contribution < -0.4 is 11.5 Å². The third kappa shape index (κ3) is 5.97. The number of nitrogens with two attached hydrogens (primary N) is 2. The maximum absolute atomic E-state index is 12.8. The number of aliphatic imine (C=N–C) groups is 1. The molecule has 7 heteroatoms. The number of hydrogen-bond acceptors (Lipinski definition) is 5. The lowest BCUT2D eigenvalue weighted by molar-refractivity contribution is -0.129. The van der Waals surface area contributed by atoms with E-state index in [4.69, 9.17) is 16.2 Å². The second-order valence-electron chi connectivity index (χ2n) is 6.87. The molecule has 1 heterocycles. The molecule has 0 saturated heterocycles. The number of amides is 2. The lowest BCUT2D eigenvalue weighted by Crippen LogP contribution is -2.52. The zero-order valence-electron chi connectivity index (χ0n) is 17.7. The van der Waals surface area contributed by atoms with E-state index in [-0.39, 0.29) is 18.4 Å². The first-order chi connectivity index (χ1) is 13.2. The number of hydrogen-bond donors (Lipinski definition) is 2. The molecule has 1 aliphatic rings. The van der Waals surface area contributed by atoms with Gasteiger partial charge in [0.05, 0.1) is 25.1 Å². The van der Waals surface area contributed by atoms with E-state index < -0.39 is 11.4 Å². The summed E-state index contributed by atoms with van der Waals surface area (Å²) in [6.07, 6.45) is 7.93. The van der Waals surface area contributed by atoms with Crippen molar-refractivity contribution in [3.05, 3.63) is 35.1 Å². The highest BCUT2D eigenvalue weighted by Gasteiger charge is 2.37. The second-order valence-corrected chi connectivity index (χ2v) is 6.87. The minimum atomic E-state index is -0.494. The molecule has 0 aromatic carbocycles. The maximum Gasteiger partial charge on any atom is 0.244 e. The Bertz CT molecular complexity index is 700. The molecule has 0 aromatic heterocycles. The Labute approximate surface area is 168 Å². The van der Waals surface area contributed by atoms with Crippen molar-refractivity contribution in [1.29, 1.82) is 0 Å². The van der Waals surface area contributed by atoms with Crippen LogP contribution in [0.25, 0.3) is 0 Å². The monoisotopic (exact) mass is 390 g/mol. The lowest BCUT2D eigenvalue weighted by atomic mass is 9.88. The normalized spacial score (nSPS) is 18.2. The number of nitrogens with zero attached hydrogens (tertiary/aromatic N) is 2. The van der Waals surface area contributed by atoms with Gasteiger partial charge in [-0.3, -0.25) is 14.5 Å². The van der Waals surface area contributed by atoms with Gasteiger partial charge in [-0.25, -0.2) is 4.99 Å². The Balaban J connectivity index is 3.23. The molecular formula is C21H34N4O3. The highest BCUT2D eigenvalue weighted by Crippen LogP contribution is 2.30. The van der Waals surface area contributed by atoms with Gasteiger partial charge in [-0.1, -0.05) is 32.9 Å². The lowest BCUT2D eigenvalue weighted by Gasteiger charge is -2.36. The Hall–Kier alpha value is -2.57. The van der Waals surface area contributed by atoms with Crippen molar-refractivity contribution >= 4 is 17.8 Å². The molecule has 0 radical (unpaired) electrons. The molecule has 4 N–H and O–H groups in total. The van der Waals surface area contributed by atoms with E-state index >= 15 is 0 Å². The van der Waals surface area contributed by atoms with Gasteiger partial charge in [0.2, 0.25) is 11.8 Å². The second kappa shape index (κ2) is 10.7. The van der Waals surface area contributed by atoms with Crippen LogP contribution in [-0.2, 0) is 14.3 Å². The molecule has 156 valence electrons. The summed E-state index contributed by atoms with van der Waals surface area (Å²) in [5.74, 6) is 0.277. The average molecular weight is 391 g/mol. The van der Waals surface area contributed by atoms with E-state index in [0.717, 1.165) is 24.8 Å². The van der Waals surface area contributed by atoms with Crippen LogP contribution in [0.2, 0.25) is 0 Å². The topological polar surface area (TPSA) is 111 Å². The van der Waals surface area contributed by atoms with Crippen LogP contribution in [-0.4, -0.2) is 41.4 Å². The quantitative estimate of drug-likeness (QED) is 0.339. The smallest absolute Gasteiger partial charge is 0.244 e. The molecule has 7 nitrogen and oxygen atoms in total. The molecule has 28 heavy (non-hydrogen) atoms. The fourth-order valence-electron chi connectivity index (χ4n) is 3.02. The van der Waals surface area contributed by atoms with Gasteiger partial charge in [0.15, 0.2) is 5.96 Å². The van der Waals surface area contributed by atoms with E-state index in [1.54, 1.807) is 19.1 Å². The average Bonchev–Trinajstić information content (AvgIpc) is 2.66. The number of allylic oxidation sites excluding steroid dienone is 3. The molecule has 0 aliphatic carbocycles. The number of ether oxygens (including phenoxy) is 1. The van der Waals surface area contributed by atoms with Crippen molar-refractivity contribution < 1.29 is 14.3 Å². The molecule has 0 fully saturated rings. The van der Waals surface area contributed by atoms with E-state index in [0.29, 0.717) is 24.4 Å². The molecule has 0 spiro atoms. The minimum absolute atomic E-state index is 0.0436. The first-order valence-electron chi connectivity index (χ1n) is 9.89. The first kappa shape index (κ1) is 23.5. The van der Waals surface area contributed by atoms with Crippen molar-refractivity contribution in [3.8, 4) is 0 Å². The number of carbonyl (C=O) groups excluding carboxylic acids is 2. The Kier molecular flexibility index (Phi) is 8.96. The molecule has 0 aromatic rings. The summed E-state index contributed by atoms with van der Waals surface area (Å²) in [7, 11) is 0. The summed E-state index contributed by atoms with van der Waals surface area (Å²) in [4.78, 5) is 30.2. The number of carbonyl (C=O) groups is 2. The molecule has 1 aliphatic heterocycles. The summed E-state index contributed by atoms with van der Waals surface area (Å²) in [6.45, 7) is 10.3. The summed E-state index contributed by atoms with van der Waals surface area (Å²) in [6, 6.07) is 0. The number of rotatable bonds is 10. The fraction of sp³-hybridized carbons (Fsp3) is 0.571. The van der Waals surface area contributed by atoms with Gasteiger partial charge < -0.3 is 16.2 Å². The van der Waals surface area contributed by atoms with Crippen LogP contribution in [0.5, 0.6) is 0 Å². The minimum Gasteiger partial charge on any atom is -0.494 e. The van der Waals surface area contributed by atoms with Crippen LogP contribution in [0.1, 0.15) is 60.3 Å². The molecule has 0 bridgehead atoms. The van der Waals surface area contributed by atoms with Gasteiger partial charge in [0, 0.05) is 11.1 Å². The number of primary amides is 1. The Morgan fingerprint density at radius 3 is 2.36 bits per heavy atom. The van der Waals surface area contributed by atoms with Crippen LogP contribution in [0.4, 0.5) is 0 Å². The van der Waals surface area contributed by atoms with Crippen LogP contribution in [0.15, 0.2) is 40.1 Å². The van der Waals surface area contributed by atoms with Crippen molar-refractivity contribution in [2.45, 2.75) is 65.8 Å². The molecule has 2 amide bonds. The van der Waals surface area contributed by atoms with Gasteiger partial charge in [-0.2, -0.15) is 0 Å². The zero-order valence-corrected chi connectivity index (χ0v) is 17.7. The van der Waals surface area contributed by atoms with Crippen LogP contribution in [0, 0.1) is 0 Å². The number of guanidine groups is 1. The SMILES string of the molecule is CC/C=C(CN1C(=O)CC(CC)(CC)N=C1N)/C(=C\C=C(/C)C(N)=O)OCC. The predicted molar refractivity (Wildman–Crippen MR) is 112 cm³/mol. The summed E-state index contributed by atoms with van der Waals surface area (Å²) < 4.78 is 5.76. The van der Waals surface area contributed by atoms with Gasteiger partial charge in [0.1, 0.15) is 5.76 Å². The van der Waals surface area contributed by atoms with Gasteiger partial charge in [-0.15, -0.1) is 0 Å². The van der Waals surface area contributed by atoms with Gasteiger partial charge in [0.25, 0.3) is 0 Å². The van der Waals surface area contributed by atoms with Crippen molar-refractivity contribution in [2.24, 2.45) is 16.5 Å². The highest BCUT2D eigenvalue weighted by atomic mass is 16.5. The maximum atomic E-state index is 12.8. The summed E-state index contributed by atoms with van der Waals surface area (Å²) >= 11 is 0. The Morgan fingerprint density at radius 1 is 1.25 bits per heavy atom. The first-order valence-corrected chi connectivity index (χ1v) is 9.89. The highest BCUT2D eigenvalue weighted by molar-refractivity contribution is 5.99. The molecule has 0 saturated carbocycles. The third-order valence-electron chi connectivity index (χ3n) is 4.99. The molecule has 1 rings (SSSR count).